The van der Waals surface area contributed by atoms with Gasteiger partial charge in [0.25, 0.3) is 0 Å². The zero-order chi connectivity index (χ0) is 19.9. The quantitative estimate of drug-likeness (QED) is 0.629. The maximum Gasteiger partial charge on any atom is 0.242 e. The van der Waals surface area contributed by atoms with Crippen LogP contribution in [-0.2, 0) is 18.4 Å². The van der Waals surface area contributed by atoms with Gasteiger partial charge in [-0.25, -0.2) is 0 Å². The Morgan fingerprint density at radius 1 is 1.21 bits per heavy atom. The molecule has 0 aliphatic rings. The number of hydrogen-bond donors (Lipinski definition) is 2. The van der Waals surface area contributed by atoms with Crippen LogP contribution in [0.1, 0.15) is 35.8 Å². The number of rotatable bonds is 8. The van der Waals surface area contributed by atoms with Gasteiger partial charge in [-0.1, -0.05) is 18.2 Å². The average molecular weight is 379 g/mol. The molecule has 1 amide bonds. The lowest BCUT2D eigenvalue weighted by atomic mass is 10.1. The van der Waals surface area contributed by atoms with E-state index in [1.54, 1.807) is 24.1 Å². The normalized spacial score (nSPS) is 13.0. The summed E-state index contributed by atoms with van der Waals surface area (Å²) >= 11 is 0. The minimum Gasteiger partial charge on any atom is -0.487 e. The van der Waals surface area contributed by atoms with E-state index in [9.17, 15) is 4.79 Å². The first-order valence-corrected chi connectivity index (χ1v) is 9.15. The van der Waals surface area contributed by atoms with Gasteiger partial charge in [0.15, 0.2) is 0 Å². The fourth-order valence-electron chi connectivity index (χ4n) is 2.93. The number of likely N-dealkylation sites (N-methyl/N-ethyl adjacent to an activating group) is 1. The highest BCUT2D eigenvalue weighted by molar-refractivity contribution is 5.83. The van der Waals surface area contributed by atoms with Crippen LogP contribution in [0.2, 0.25) is 0 Å². The Hall–Kier alpha value is -3.19. The van der Waals surface area contributed by atoms with E-state index in [1.165, 1.54) is 0 Å². The van der Waals surface area contributed by atoms with E-state index in [1.807, 2.05) is 62.6 Å². The number of pyridine rings is 1. The molecular weight excluding hydrogens is 354 g/mol. The second kappa shape index (κ2) is 9.14. The van der Waals surface area contributed by atoms with Crippen molar-refractivity contribution in [2.75, 3.05) is 7.05 Å². The van der Waals surface area contributed by atoms with Crippen molar-refractivity contribution in [2.24, 2.45) is 7.05 Å². The van der Waals surface area contributed by atoms with Gasteiger partial charge in [0.1, 0.15) is 18.4 Å². The van der Waals surface area contributed by atoms with Gasteiger partial charge in [0.05, 0.1) is 17.9 Å². The predicted molar refractivity (Wildman–Crippen MR) is 107 cm³/mol. The summed E-state index contributed by atoms with van der Waals surface area (Å²) in [6.07, 6.45) is 5.27. The molecule has 2 N–H and O–H groups in total. The van der Waals surface area contributed by atoms with E-state index in [-0.39, 0.29) is 11.9 Å². The first-order chi connectivity index (χ1) is 13.6. The highest BCUT2D eigenvalue weighted by atomic mass is 16.5. The van der Waals surface area contributed by atoms with Crippen molar-refractivity contribution < 1.29 is 9.53 Å². The highest BCUT2D eigenvalue weighted by Crippen LogP contribution is 2.21. The molecule has 2 atom stereocenters. The molecule has 1 aromatic carbocycles. The molecule has 2 heterocycles. The monoisotopic (exact) mass is 379 g/mol. The number of aryl methyl sites for hydroxylation is 1. The van der Waals surface area contributed by atoms with Gasteiger partial charge in [-0.3, -0.25) is 14.5 Å². The molecule has 0 saturated heterocycles. The Morgan fingerprint density at radius 3 is 2.75 bits per heavy atom. The van der Waals surface area contributed by atoms with Crippen LogP contribution in [0.25, 0.3) is 0 Å². The summed E-state index contributed by atoms with van der Waals surface area (Å²) in [5.41, 5.74) is 2.65. The minimum absolute atomic E-state index is 0.109. The predicted octanol–water partition coefficient (Wildman–Crippen LogP) is 2.53. The topological polar surface area (TPSA) is 81.1 Å². The Bertz CT molecular complexity index is 910. The molecule has 28 heavy (non-hydrogen) atoms. The number of nitrogens with zero attached hydrogens (tertiary/aromatic N) is 3. The van der Waals surface area contributed by atoms with E-state index < -0.39 is 6.04 Å². The summed E-state index contributed by atoms with van der Waals surface area (Å²) in [6, 6.07) is 12.8. The van der Waals surface area contributed by atoms with Crippen molar-refractivity contribution in [3.8, 4) is 5.75 Å². The molecule has 2 aromatic heterocycles. The number of hydrogen-bond acceptors (Lipinski definition) is 5. The lowest BCUT2D eigenvalue weighted by Gasteiger charge is -2.20. The third-order valence-electron chi connectivity index (χ3n) is 4.44. The fraction of sp³-hybridized carbons (Fsp3) is 0.286. The molecule has 0 bridgehead atoms. The first kappa shape index (κ1) is 19.6. The minimum atomic E-state index is -0.459. The van der Waals surface area contributed by atoms with Crippen molar-refractivity contribution in [1.82, 2.24) is 25.4 Å². The maximum absolute atomic E-state index is 12.7. The number of carbonyl (C=O) groups excluding carboxylic acids is 1. The molecule has 0 aliphatic heterocycles. The van der Waals surface area contributed by atoms with Gasteiger partial charge in [-0.05, 0) is 43.8 Å². The van der Waals surface area contributed by atoms with Crippen LogP contribution in [0.15, 0.2) is 61.1 Å². The summed E-state index contributed by atoms with van der Waals surface area (Å²) in [6.45, 7) is 2.35. The molecule has 3 aromatic rings. The third-order valence-corrected chi connectivity index (χ3v) is 4.44. The molecule has 2 unspecified atom stereocenters. The average Bonchev–Trinajstić information content (AvgIpc) is 3.14. The van der Waals surface area contributed by atoms with Gasteiger partial charge in [-0.15, -0.1) is 0 Å². The lowest BCUT2D eigenvalue weighted by Crippen LogP contribution is -2.37. The van der Waals surface area contributed by atoms with Gasteiger partial charge >= 0.3 is 0 Å². The van der Waals surface area contributed by atoms with Crippen LogP contribution in [0.3, 0.4) is 0 Å². The van der Waals surface area contributed by atoms with E-state index in [4.69, 9.17) is 4.74 Å². The molecule has 0 aliphatic carbocycles. The first-order valence-electron chi connectivity index (χ1n) is 9.15. The number of aromatic nitrogens is 3. The van der Waals surface area contributed by atoms with Crippen LogP contribution >= 0.6 is 0 Å². The Balaban J connectivity index is 1.63. The SMILES string of the molecule is CNC(C(=O)NC(C)c1cccc(OCc2ccccn2)c1)c1cnn(C)c1. The van der Waals surface area contributed by atoms with Crippen molar-refractivity contribution in [3.05, 3.63) is 77.9 Å². The molecule has 7 heteroatoms. The van der Waals surface area contributed by atoms with Gasteiger partial charge < -0.3 is 15.4 Å². The lowest BCUT2D eigenvalue weighted by molar-refractivity contribution is -0.123. The molecule has 3 rings (SSSR count). The second-order valence-corrected chi connectivity index (χ2v) is 6.58. The molecule has 0 spiro atoms. The molecule has 146 valence electrons. The molecular formula is C21H25N5O2. The Labute approximate surface area is 164 Å². The number of benzene rings is 1. The molecule has 0 saturated carbocycles. The van der Waals surface area contributed by atoms with E-state index in [0.29, 0.717) is 6.61 Å². The summed E-state index contributed by atoms with van der Waals surface area (Å²) < 4.78 is 7.51. The van der Waals surface area contributed by atoms with Crippen molar-refractivity contribution in [1.29, 1.82) is 0 Å². The van der Waals surface area contributed by atoms with E-state index in [0.717, 1.165) is 22.6 Å². The van der Waals surface area contributed by atoms with Crippen LogP contribution in [0.4, 0.5) is 0 Å². The fourth-order valence-corrected chi connectivity index (χ4v) is 2.93. The molecule has 0 radical (unpaired) electrons. The number of amides is 1. The zero-order valence-electron chi connectivity index (χ0n) is 16.3. The standard InChI is InChI=1S/C21H25N5O2/c1-15(25-21(27)20(22-2)17-12-24-26(3)13-17)16-7-6-9-19(11-16)28-14-18-8-4-5-10-23-18/h4-13,15,20,22H,14H2,1-3H3,(H,25,27). The number of ether oxygens (including phenoxy) is 1. The summed E-state index contributed by atoms with van der Waals surface area (Å²) in [5.74, 6) is 0.629. The number of carbonyl (C=O) groups is 1. The van der Waals surface area contributed by atoms with E-state index >= 15 is 0 Å². The second-order valence-electron chi connectivity index (χ2n) is 6.58. The van der Waals surface area contributed by atoms with Crippen LogP contribution in [0.5, 0.6) is 5.75 Å². The smallest absolute Gasteiger partial charge is 0.242 e. The van der Waals surface area contributed by atoms with Crippen LogP contribution in [0, 0.1) is 0 Å². The summed E-state index contributed by atoms with van der Waals surface area (Å²) in [4.78, 5) is 17.0. The van der Waals surface area contributed by atoms with Gasteiger partial charge in [0.2, 0.25) is 5.91 Å². The molecule has 0 fully saturated rings. The maximum atomic E-state index is 12.7. The Kier molecular flexibility index (Phi) is 6.39. The van der Waals surface area contributed by atoms with E-state index in [2.05, 4.69) is 20.7 Å². The van der Waals surface area contributed by atoms with Crippen LogP contribution < -0.4 is 15.4 Å². The van der Waals surface area contributed by atoms with Crippen molar-refractivity contribution >= 4 is 5.91 Å². The largest absolute Gasteiger partial charge is 0.487 e. The Morgan fingerprint density at radius 2 is 2.07 bits per heavy atom. The zero-order valence-corrected chi connectivity index (χ0v) is 16.3. The highest BCUT2D eigenvalue weighted by Gasteiger charge is 2.22. The summed E-state index contributed by atoms with van der Waals surface area (Å²) in [7, 11) is 3.58. The van der Waals surface area contributed by atoms with Crippen molar-refractivity contribution in [2.45, 2.75) is 25.6 Å². The van der Waals surface area contributed by atoms with Crippen molar-refractivity contribution in [3.63, 3.8) is 0 Å². The summed E-state index contributed by atoms with van der Waals surface area (Å²) in [5, 5.41) is 10.2. The molecule has 7 nitrogen and oxygen atoms in total. The number of nitrogens with one attached hydrogen (secondary N) is 2. The van der Waals surface area contributed by atoms with Crippen LogP contribution in [-0.4, -0.2) is 27.7 Å². The van der Waals surface area contributed by atoms with Gasteiger partial charge in [-0.2, -0.15) is 5.10 Å². The third kappa shape index (κ3) is 4.95. The van der Waals surface area contributed by atoms with Gasteiger partial charge in [0, 0.05) is 25.0 Å².